The lowest BCUT2D eigenvalue weighted by molar-refractivity contribution is 0.570. The van der Waals surface area contributed by atoms with Gasteiger partial charge in [-0.25, -0.2) is 13.4 Å². The number of hydrogen-bond donors (Lipinski definition) is 1. The van der Waals surface area contributed by atoms with Crippen LogP contribution in [0, 0.1) is 0 Å². The largest absolute Gasteiger partial charge is 0.399 e. The zero-order chi connectivity index (χ0) is 15.0. The third-order valence-electron chi connectivity index (χ3n) is 2.85. The summed E-state index contributed by atoms with van der Waals surface area (Å²) < 4.78 is 24.6. The molecule has 0 saturated heterocycles. The highest BCUT2D eigenvalue weighted by atomic mass is 32.2. The van der Waals surface area contributed by atoms with Crippen LogP contribution in [0.5, 0.6) is 0 Å². The van der Waals surface area contributed by atoms with Crippen molar-refractivity contribution in [3.63, 3.8) is 0 Å². The molecule has 0 amide bonds. The second kappa shape index (κ2) is 5.18. The van der Waals surface area contributed by atoms with Crippen LogP contribution in [0.25, 0.3) is 0 Å². The van der Waals surface area contributed by atoms with Crippen molar-refractivity contribution >= 4 is 26.9 Å². The summed E-state index contributed by atoms with van der Waals surface area (Å²) in [6.07, 6.45) is 0. The van der Waals surface area contributed by atoms with Crippen LogP contribution in [0.2, 0.25) is 0 Å². The van der Waals surface area contributed by atoms with Gasteiger partial charge in [-0.05, 0) is 18.2 Å². The molecule has 2 N–H and O–H groups in total. The minimum Gasteiger partial charge on any atom is -0.399 e. The molecule has 1 aromatic heterocycles. The molecule has 0 aliphatic rings. The monoisotopic (exact) mass is 310 g/mol. The summed E-state index contributed by atoms with van der Waals surface area (Å²) in [5, 5.41) is 2.53. The third kappa shape index (κ3) is 3.37. The van der Waals surface area contributed by atoms with Gasteiger partial charge in [0.1, 0.15) is 10.8 Å². The van der Waals surface area contributed by atoms with E-state index in [9.17, 15) is 8.42 Å². The number of nitrogens with two attached hydrogens (primary N) is 1. The molecule has 0 atom stereocenters. The van der Waals surface area contributed by atoms with E-state index in [1.54, 1.807) is 18.2 Å². The molecule has 0 unspecified atom stereocenters. The minimum atomic E-state index is -3.40. The van der Waals surface area contributed by atoms with E-state index in [2.05, 4.69) is 25.8 Å². The second-order valence-corrected chi connectivity index (χ2v) is 8.64. The first-order valence-electron chi connectivity index (χ1n) is 6.22. The van der Waals surface area contributed by atoms with E-state index in [4.69, 9.17) is 5.73 Å². The summed E-state index contributed by atoms with van der Waals surface area (Å²) in [5.74, 6) is -0.0861. The second-order valence-electron chi connectivity index (χ2n) is 5.71. The van der Waals surface area contributed by atoms with Crippen LogP contribution in [0.4, 0.5) is 5.69 Å². The topological polar surface area (TPSA) is 73.0 Å². The van der Waals surface area contributed by atoms with Crippen LogP contribution in [0.3, 0.4) is 0 Å². The van der Waals surface area contributed by atoms with Crippen molar-refractivity contribution in [1.82, 2.24) is 4.98 Å². The molecule has 1 aromatic carbocycles. The highest BCUT2D eigenvalue weighted by molar-refractivity contribution is 7.90. The van der Waals surface area contributed by atoms with Crippen LogP contribution in [0.15, 0.2) is 34.5 Å². The summed E-state index contributed by atoms with van der Waals surface area (Å²) in [6.45, 7) is 6.16. The average Bonchev–Trinajstić information content (AvgIpc) is 2.76. The first-order chi connectivity index (χ1) is 9.18. The molecule has 0 saturated carbocycles. The number of nitrogen functional groups attached to an aromatic ring is 1. The molecule has 0 aliphatic carbocycles. The Kier molecular flexibility index (Phi) is 3.88. The van der Waals surface area contributed by atoms with E-state index in [1.807, 2.05) is 5.38 Å². The number of hydrogen-bond acceptors (Lipinski definition) is 5. The predicted molar refractivity (Wildman–Crippen MR) is 82.6 cm³/mol. The van der Waals surface area contributed by atoms with E-state index < -0.39 is 9.84 Å². The molecule has 0 bridgehead atoms. The molecule has 0 spiro atoms. The Morgan fingerprint density at radius 1 is 1.30 bits per heavy atom. The Hall–Kier alpha value is -1.40. The van der Waals surface area contributed by atoms with Crippen molar-refractivity contribution in [2.75, 3.05) is 5.73 Å². The molecule has 2 rings (SSSR count). The highest BCUT2D eigenvalue weighted by Gasteiger charge is 2.21. The normalized spacial score (nSPS) is 12.6. The SMILES string of the molecule is CC(C)(C)c1csc(CS(=O)(=O)c2cccc(N)c2)n1. The molecular formula is C14H18N2O2S2. The van der Waals surface area contributed by atoms with Gasteiger partial charge in [0.05, 0.1) is 10.6 Å². The van der Waals surface area contributed by atoms with Gasteiger partial charge in [-0.3, -0.25) is 0 Å². The molecule has 1 heterocycles. The predicted octanol–water partition coefficient (Wildman–Crippen LogP) is 3.00. The Morgan fingerprint density at radius 3 is 2.55 bits per heavy atom. The Labute approximate surface area is 123 Å². The fraction of sp³-hybridized carbons (Fsp3) is 0.357. The van der Waals surface area contributed by atoms with Gasteiger partial charge in [-0.15, -0.1) is 11.3 Å². The molecule has 0 fully saturated rings. The zero-order valence-corrected chi connectivity index (χ0v) is 13.4. The van der Waals surface area contributed by atoms with Crippen molar-refractivity contribution in [2.24, 2.45) is 0 Å². The fourth-order valence-electron chi connectivity index (χ4n) is 1.68. The molecule has 2 aromatic rings. The van der Waals surface area contributed by atoms with Crippen molar-refractivity contribution in [3.8, 4) is 0 Å². The highest BCUT2D eigenvalue weighted by Crippen LogP contribution is 2.26. The number of aromatic nitrogens is 1. The van der Waals surface area contributed by atoms with Crippen molar-refractivity contribution in [2.45, 2.75) is 36.8 Å². The zero-order valence-electron chi connectivity index (χ0n) is 11.8. The smallest absolute Gasteiger partial charge is 0.184 e. The molecule has 0 radical (unpaired) electrons. The third-order valence-corrected chi connectivity index (χ3v) is 5.51. The standard InChI is InChI=1S/C14H18N2O2S2/c1-14(2,3)12-8-19-13(16-12)9-20(17,18)11-6-4-5-10(15)7-11/h4-8H,9,15H2,1-3H3. The van der Waals surface area contributed by atoms with Crippen LogP contribution in [-0.4, -0.2) is 13.4 Å². The maximum absolute atomic E-state index is 12.3. The molecule has 0 aliphatic heterocycles. The number of anilines is 1. The summed E-state index contributed by atoms with van der Waals surface area (Å²) in [5.41, 5.74) is 6.92. The van der Waals surface area contributed by atoms with E-state index in [0.717, 1.165) is 5.69 Å². The first-order valence-corrected chi connectivity index (χ1v) is 8.75. The summed E-state index contributed by atoms with van der Waals surface area (Å²) in [6, 6.07) is 6.35. The quantitative estimate of drug-likeness (QED) is 0.885. The number of benzene rings is 1. The molecule has 20 heavy (non-hydrogen) atoms. The summed E-state index contributed by atoms with van der Waals surface area (Å²) >= 11 is 1.38. The summed E-state index contributed by atoms with van der Waals surface area (Å²) in [7, 11) is -3.40. The minimum absolute atomic E-state index is 0.0737. The lowest BCUT2D eigenvalue weighted by Gasteiger charge is -2.14. The van der Waals surface area contributed by atoms with Gasteiger partial charge in [0, 0.05) is 16.5 Å². The van der Waals surface area contributed by atoms with Crippen LogP contribution in [-0.2, 0) is 21.0 Å². The van der Waals surface area contributed by atoms with Gasteiger partial charge < -0.3 is 5.73 Å². The Balaban J connectivity index is 2.27. The number of sulfone groups is 1. The number of thiazole rings is 1. The van der Waals surface area contributed by atoms with E-state index in [1.165, 1.54) is 17.4 Å². The van der Waals surface area contributed by atoms with Gasteiger partial charge in [-0.1, -0.05) is 26.8 Å². The van der Waals surface area contributed by atoms with Crippen LogP contribution >= 0.6 is 11.3 Å². The Bertz CT molecular complexity index is 713. The van der Waals surface area contributed by atoms with Crippen LogP contribution in [0.1, 0.15) is 31.5 Å². The molecular weight excluding hydrogens is 292 g/mol. The number of nitrogens with zero attached hydrogens (tertiary/aromatic N) is 1. The molecule has 4 nitrogen and oxygen atoms in total. The lowest BCUT2D eigenvalue weighted by Crippen LogP contribution is -2.12. The maximum Gasteiger partial charge on any atom is 0.184 e. The molecule has 6 heteroatoms. The van der Waals surface area contributed by atoms with Gasteiger partial charge in [0.2, 0.25) is 0 Å². The molecule has 108 valence electrons. The van der Waals surface area contributed by atoms with Gasteiger partial charge in [0.15, 0.2) is 9.84 Å². The van der Waals surface area contributed by atoms with Crippen molar-refractivity contribution < 1.29 is 8.42 Å². The average molecular weight is 310 g/mol. The maximum atomic E-state index is 12.3. The van der Waals surface area contributed by atoms with Gasteiger partial charge in [-0.2, -0.15) is 0 Å². The van der Waals surface area contributed by atoms with Crippen molar-refractivity contribution in [1.29, 1.82) is 0 Å². The fourth-order valence-corrected chi connectivity index (χ4v) is 4.38. The van der Waals surface area contributed by atoms with Crippen molar-refractivity contribution in [3.05, 3.63) is 40.3 Å². The van der Waals surface area contributed by atoms with E-state index >= 15 is 0 Å². The van der Waals surface area contributed by atoms with Gasteiger partial charge in [0.25, 0.3) is 0 Å². The Morgan fingerprint density at radius 2 is 2.00 bits per heavy atom. The first kappa shape index (κ1) is 15.0. The number of rotatable bonds is 3. The van der Waals surface area contributed by atoms with E-state index in [0.29, 0.717) is 10.7 Å². The van der Waals surface area contributed by atoms with Crippen LogP contribution < -0.4 is 5.73 Å². The van der Waals surface area contributed by atoms with E-state index in [-0.39, 0.29) is 16.1 Å². The van der Waals surface area contributed by atoms with Gasteiger partial charge >= 0.3 is 0 Å². The lowest BCUT2D eigenvalue weighted by atomic mass is 9.93. The summed E-state index contributed by atoms with van der Waals surface area (Å²) in [4.78, 5) is 4.66.